The van der Waals surface area contributed by atoms with E-state index in [9.17, 15) is 0 Å². The fourth-order valence-electron chi connectivity index (χ4n) is 2.17. The molecule has 0 radical (unpaired) electrons. The van der Waals surface area contributed by atoms with E-state index in [0.717, 1.165) is 31.6 Å². The SMILES string of the molecule is CC(N)C(OC1CCOCC1)c1ccccc1. The molecule has 1 saturated heterocycles. The predicted octanol–water partition coefficient (Wildman–Crippen LogP) is 2.27. The molecule has 0 aliphatic carbocycles. The van der Waals surface area contributed by atoms with Crippen LogP contribution in [0.5, 0.6) is 0 Å². The number of hydrogen-bond donors (Lipinski definition) is 1. The highest BCUT2D eigenvalue weighted by Gasteiger charge is 2.23. The van der Waals surface area contributed by atoms with Crippen molar-refractivity contribution in [3.8, 4) is 0 Å². The van der Waals surface area contributed by atoms with Crippen molar-refractivity contribution in [2.75, 3.05) is 13.2 Å². The minimum absolute atomic E-state index is 0.000227. The molecule has 94 valence electrons. The molecule has 3 nitrogen and oxygen atoms in total. The van der Waals surface area contributed by atoms with Gasteiger partial charge in [-0.1, -0.05) is 30.3 Å². The molecule has 3 heteroatoms. The third-order valence-corrected chi connectivity index (χ3v) is 3.11. The van der Waals surface area contributed by atoms with Gasteiger partial charge in [-0.3, -0.25) is 0 Å². The van der Waals surface area contributed by atoms with Crippen molar-refractivity contribution >= 4 is 0 Å². The molecule has 1 aliphatic rings. The molecule has 0 bridgehead atoms. The van der Waals surface area contributed by atoms with Gasteiger partial charge < -0.3 is 15.2 Å². The minimum Gasteiger partial charge on any atom is -0.381 e. The first kappa shape index (κ1) is 12.6. The van der Waals surface area contributed by atoms with Gasteiger partial charge in [0.15, 0.2) is 0 Å². The van der Waals surface area contributed by atoms with Crippen LogP contribution < -0.4 is 5.73 Å². The summed E-state index contributed by atoms with van der Waals surface area (Å²) in [5, 5.41) is 0. The van der Waals surface area contributed by atoms with Crippen molar-refractivity contribution < 1.29 is 9.47 Å². The first-order valence-corrected chi connectivity index (χ1v) is 6.31. The van der Waals surface area contributed by atoms with Gasteiger partial charge >= 0.3 is 0 Å². The highest BCUT2D eigenvalue weighted by atomic mass is 16.5. The van der Waals surface area contributed by atoms with Gasteiger partial charge in [-0.25, -0.2) is 0 Å². The average Bonchev–Trinajstić information content (AvgIpc) is 2.38. The molecule has 1 aromatic rings. The fraction of sp³-hybridized carbons (Fsp3) is 0.571. The number of benzene rings is 1. The maximum atomic E-state index is 6.13. The Morgan fingerprint density at radius 1 is 1.24 bits per heavy atom. The van der Waals surface area contributed by atoms with Gasteiger partial charge in [-0.05, 0) is 25.3 Å². The zero-order valence-electron chi connectivity index (χ0n) is 10.3. The number of ether oxygens (including phenoxy) is 2. The molecule has 0 saturated carbocycles. The molecule has 0 spiro atoms. The monoisotopic (exact) mass is 235 g/mol. The van der Waals surface area contributed by atoms with Crippen molar-refractivity contribution in [1.29, 1.82) is 0 Å². The van der Waals surface area contributed by atoms with Crippen LogP contribution in [0.2, 0.25) is 0 Å². The largest absolute Gasteiger partial charge is 0.381 e. The van der Waals surface area contributed by atoms with Crippen LogP contribution in [0.15, 0.2) is 30.3 Å². The van der Waals surface area contributed by atoms with Gasteiger partial charge in [0, 0.05) is 19.3 Å². The summed E-state index contributed by atoms with van der Waals surface area (Å²) in [6, 6.07) is 10.2. The highest BCUT2D eigenvalue weighted by molar-refractivity contribution is 5.18. The smallest absolute Gasteiger partial charge is 0.0976 e. The Labute approximate surface area is 103 Å². The summed E-state index contributed by atoms with van der Waals surface area (Å²) < 4.78 is 11.5. The number of rotatable bonds is 4. The van der Waals surface area contributed by atoms with Crippen LogP contribution in [0.1, 0.15) is 31.4 Å². The van der Waals surface area contributed by atoms with Crippen LogP contribution in [0.25, 0.3) is 0 Å². The minimum atomic E-state index is -0.0145. The second-order valence-corrected chi connectivity index (χ2v) is 4.64. The molecule has 1 heterocycles. The highest BCUT2D eigenvalue weighted by Crippen LogP contribution is 2.25. The lowest BCUT2D eigenvalue weighted by Gasteiger charge is -2.30. The van der Waals surface area contributed by atoms with E-state index in [2.05, 4.69) is 12.1 Å². The summed E-state index contributed by atoms with van der Waals surface area (Å²) in [4.78, 5) is 0. The summed E-state index contributed by atoms with van der Waals surface area (Å²) in [7, 11) is 0. The Hall–Kier alpha value is -0.900. The standard InChI is InChI=1S/C14H21NO2/c1-11(15)14(12-5-3-2-4-6-12)17-13-7-9-16-10-8-13/h2-6,11,13-14H,7-10,15H2,1H3. The predicted molar refractivity (Wildman–Crippen MR) is 67.8 cm³/mol. The van der Waals surface area contributed by atoms with Crippen molar-refractivity contribution in [2.24, 2.45) is 5.73 Å². The topological polar surface area (TPSA) is 44.5 Å². The number of nitrogens with two attached hydrogens (primary N) is 1. The molecular formula is C14H21NO2. The lowest BCUT2D eigenvalue weighted by atomic mass is 10.0. The van der Waals surface area contributed by atoms with E-state index in [-0.39, 0.29) is 18.2 Å². The Bertz CT molecular complexity index is 320. The third kappa shape index (κ3) is 3.53. The molecule has 17 heavy (non-hydrogen) atoms. The van der Waals surface area contributed by atoms with Crippen LogP contribution in [0.3, 0.4) is 0 Å². The van der Waals surface area contributed by atoms with E-state index < -0.39 is 0 Å². The van der Waals surface area contributed by atoms with Crippen molar-refractivity contribution in [2.45, 2.75) is 38.0 Å². The quantitative estimate of drug-likeness (QED) is 0.870. The first-order chi connectivity index (χ1) is 8.27. The van der Waals surface area contributed by atoms with E-state index >= 15 is 0 Å². The normalized spacial score (nSPS) is 21.1. The van der Waals surface area contributed by atoms with E-state index in [1.54, 1.807) is 0 Å². The summed E-state index contributed by atoms with van der Waals surface area (Å²) in [6.07, 6.45) is 2.20. The maximum Gasteiger partial charge on any atom is 0.0976 e. The van der Waals surface area contributed by atoms with Gasteiger partial charge in [0.2, 0.25) is 0 Å². The Morgan fingerprint density at radius 3 is 2.47 bits per heavy atom. The van der Waals surface area contributed by atoms with Crippen LogP contribution in [0, 0.1) is 0 Å². The molecule has 2 N–H and O–H groups in total. The van der Waals surface area contributed by atoms with E-state index in [0.29, 0.717) is 0 Å². The van der Waals surface area contributed by atoms with Gasteiger partial charge in [0.05, 0.1) is 12.2 Å². The molecular weight excluding hydrogens is 214 g/mol. The summed E-state index contributed by atoms with van der Waals surface area (Å²) in [6.45, 7) is 3.59. The van der Waals surface area contributed by atoms with Crippen molar-refractivity contribution in [3.63, 3.8) is 0 Å². The fourth-order valence-corrected chi connectivity index (χ4v) is 2.17. The summed E-state index contributed by atoms with van der Waals surface area (Å²) >= 11 is 0. The van der Waals surface area contributed by atoms with Gasteiger partial charge in [-0.15, -0.1) is 0 Å². The molecule has 2 unspecified atom stereocenters. The van der Waals surface area contributed by atoms with Gasteiger partial charge in [0.25, 0.3) is 0 Å². The second kappa shape index (κ2) is 6.15. The lowest BCUT2D eigenvalue weighted by Crippen LogP contribution is -2.33. The van der Waals surface area contributed by atoms with Gasteiger partial charge in [-0.2, -0.15) is 0 Å². The van der Waals surface area contributed by atoms with Gasteiger partial charge in [0.1, 0.15) is 0 Å². The van der Waals surface area contributed by atoms with Crippen LogP contribution in [-0.4, -0.2) is 25.4 Å². The van der Waals surface area contributed by atoms with Crippen molar-refractivity contribution in [1.82, 2.24) is 0 Å². The summed E-state index contributed by atoms with van der Waals surface area (Å²) in [5.74, 6) is 0. The van der Waals surface area contributed by atoms with E-state index in [4.69, 9.17) is 15.2 Å². The van der Waals surface area contributed by atoms with E-state index in [1.807, 2.05) is 25.1 Å². The second-order valence-electron chi connectivity index (χ2n) is 4.64. The molecule has 1 fully saturated rings. The lowest BCUT2D eigenvalue weighted by molar-refractivity contribution is -0.0758. The number of hydrogen-bond acceptors (Lipinski definition) is 3. The molecule has 1 aliphatic heterocycles. The molecule has 2 atom stereocenters. The summed E-state index contributed by atoms with van der Waals surface area (Å²) in [5.41, 5.74) is 7.19. The van der Waals surface area contributed by atoms with Crippen LogP contribution in [-0.2, 0) is 9.47 Å². The average molecular weight is 235 g/mol. The Morgan fingerprint density at radius 2 is 1.88 bits per heavy atom. The molecule has 1 aromatic carbocycles. The molecule has 2 rings (SSSR count). The van der Waals surface area contributed by atoms with Crippen LogP contribution >= 0.6 is 0 Å². The van der Waals surface area contributed by atoms with Crippen molar-refractivity contribution in [3.05, 3.63) is 35.9 Å². The Kier molecular flexibility index (Phi) is 4.54. The zero-order chi connectivity index (χ0) is 12.1. The molecule has 0 amide bonds. The zero-order valence-corrected chi connectivity index (χ0v) is 10.3. The van der Waals surface area contributed by atoms with E-state index in [1.165, 1.54) is 0 Å². The first-order valence-electron chi connectivity index (χ1n) is 6.31. The maximum absolute atomic E-state index is 6.13. The Balaban J connectivity index is 2.02. The van der Waals surface area contributed by atoms with Crippen LogP contribution in [0.4, 0.5) is 0 Å². The third-order valence-electron chi connectivity index (χ3n) is 3.11. The molecule has 0 aromatic heterocycles.